The normalized spacial score (nSPS) is 17.1. The van der Waals surface area contributed by atoms with Crippen LogP contribution in [-0.2, 0) is 4.79 Å². The molecule has 0 atom stereocenters. The lowest BCUT2D eigenvalue weighted by Crippen LogP contribution is -2.39. The number of piperidine rings is 1. The highest BCUT2D eigenvalue weighted by molar-refractivity contribution is 5.94. The predicted molar refractivity (Wildman–Crippen MR) is 63.2 cm³/mol. The molecule has 4 nitrogen and oxygen atoms in total. The number of nitrogens with one attached hydrogen (secondary N) is 1. The Hall–Kier alpha value is -1.42. The van der Waals surface area contributed by atoms with Gasteiger partial charge in [0.05, 0.1) is 0 Å². The Kier molecular flexibility index (Phi) is 3.51. The molecule has 1 saturated heterocycles. The molecule has 86 valence electrons. The van der Waals surface area contributed by atoms with Crippen LogP contribution in [0.3, 0.4) is 0 Å². The number of carbonyl (C=O) groups is 1. The molecule has 0 bridgehead atoms. The number of rotatable bonds is 2. The average Bonchev–Trinajstić information content (AvgIpc) is 2.39. The van der Waals surface area contributed by atoms with Gasteiger partial charge in [0.25, 0.3) is 0 Å². The topological polar surface area (TPSA) is 45.2 Å². The minimum atomic E-state index is 0.166. The van der Waals surface area contributed by atoms with Crippen molar-refractivity contribution in [3.05, 3.63) is 24.5 Å². The molecule has 0 unspecified atom stereocenters. The summed E-state index contributed by atoms with van der Waals surface area (Å²) in [7, 11) is 1.83. The van der Waals surface area contributed by atoms with Crippen molar-refractivity contribution in [3.8, 4) is 0 Å². The zero-order valence-corrected chi connectivity index (χ0v) is 9.52. The van der Waals surface area contributed by atoms with Crippen LogP contribution in [0.4, 0.5) is 5.69 Å². The molecule has 2 heterocycles. The quantitative estimate of drug-likeness (QED) is 0.808. The van der Waals surface area contributed by atoms with Gasteiger partial charge in [-0.25, -0.2) is 0 Å². The molecule has 0 spiro atoms. The third-order valence-electron chi connectivity index (χ3n) is 3.07. The predicted octanol–water partition coefficient (Wildman–Crippen LogP) is 1.04. The van der Waals surface area contributed by atoms with Crippen LogP contribution in [0.2, 0.25) is 0 Å². The van der Waals surface area contributed by atoms with Gasteiger partial charge in [-0.3, -0.25) is 9.78 Å². The Morgan fingerprint density at radius 1 is 1.38 bits per heavy atom. The number of aromatic nitrogens is 1. The van der Waals surface area contributed by atoms with E-state index in [0.29, 0.717) is 0 Å². The van der Waals surface area contributed by atoms with E-state index in [-0.39, 0.29) is 11.8 Å². The molecule has 0 saturated carbocycles. The van der Waals surface area contributed by atoms with Crippen molar-refractivity contribution in [1.29, 1.82) is 0 Å². The Bertz CT molecular complexity index is 347. The van der Waals surface area contributed by atoms with Crippen LogP contribution >= 0.6 is 0 Å². The van der Waals surface area contributed by atoms with Crippen LogP contribution in [-0.4, -0.2) is 31.0 Å². The first kappa shape index (κ1) is 11.1. The molecular weight excluding hydrogens is 202 g/mol. The van der Waals surface area contributed by atoms with E-state index in [1.54, 1.807) is 17.3 Å². The van der Waals surface area contributed by atoms with E-state index < -0.39 is 0 Å². The summed E-state index contributed by atoms with van der Waals surface area (Å²) in [5.41, 5.74) is 0.915. The van der Waals surface area contributed by atoms with E-state index in [2.05, 4.69) is 10.3 Å². The number of hydrogen-bond acceptors (Lipinski definition) is 3. The maximum absolute atomic E-state index is 12.2. The van der Waals surface area contributed by atoms with Crippen LogP contribution in [0.15, 0.2) is 24.5 Å². The third-order valence-corrected chi connectivity index (χ3v) is 3.07. The van der Waals surface area contributed by atoms with Crippen molar-refractivity contribution in [1.82, 2.24) is 10.3 Å². The second-order valence-corrected chi connectivity index (χ2v) is 4.13. The average molecular weight is 219 g/mol. The first-order chi connectivity index (χ1) is 7.79. The molecule has 2 rings (SSSR count). The second kappa shape index (κ2) is 5.07. The Morgan fingerprint density at radius 2 is 2.00 bits per heavy atom. The molecule has 1 aliphatic rings. The highest BCUT2D eigenvalue weighted by atomic mass is 16.2. The van der Waals surface area contributed by atoms with Crippen LogP contribution in [0, 0.1) is 5.92 Å². The monoisotopic (exact) mass is 219 g/mol. The van der Waals surface area contributed by atoms with Gasteiger partial charge < -0.3 is 10.2 Å². The van der Waals surface area contributed by atoms with E-state index in [1.807, 2.05) is 19.2 Å². The SMILES string of the molecule is CN(C(=O)C1CCNCC1)c1ccncc1. The van der Waals surface area contributed by atoms with Gasteiger partial charge in [-0.1, -0.05) is 0 Å². The lowest BCUT2D eigenvalue weighted by Gasteiger charge is -2.26. The molecule has 16 heavy (non-hydrogen) atoms. The third kappa shape index (κ3) is 2.39. The van der Waals surface area contributed by atoms with Crippen LogP contribution in [0.1, 0.15) is 12.8 Å². The Morgan fingerprint density at radius 3 is 2.62 bits per heavy atom. The fourth-order valence-electron chi connectivity index (χ4n) is 2.04. The summed E-state index contributed by atoms with van der Waals surface area (Å²) >= 11 is 0. The minimum absolute atomic E-state index is 0.166. The minimum Gasteiger partial charge on any atom is -0.317 e. The van der Waals surface area contributed by atoms with Gasteiger partial charge >= 0.3 is 0 Å². The van der Waals surface area contributed by atoms with Crippen LogP contribution < -0.4 is 10.2 Å². The number of carbonyl (C=O) groups excluding carboxylic acids is 1. The molecular formula is C12H17N3O. The second-order valence-electron chi connectivity index (χ2n) is 4.13. The largest absolute Gasteiger partial charge is 0.317 e. The van der Waals surface area contributed by atoms with E-state index >= 15 is 0 Å². The van der Waals surface area contributed by atoms with Crippen LogP contribution in [0.25, 0.3) is 0 Å². The van der Waals surface area contributed by atoms with E-state index in [1.165, 1.54) is 0 Å². The first-order valence-corrected chi connectivity index (χ1v) is 5.67. The van der Waals surface area contributed by atoms with Crippen LogP contribution in [0.5, 0.6) is 0 Å². The number of pyridine rings is 1. The van der Waals surface area contributed by atoms with Crippen molar-refractivity contribution in [2.75, 3.05) is 25.0 Å². The maximum atomic E-state index is 12.2. The summed E-state index contributed by atoms with van der Waals surface area (Å²) in [4.78, 5) is 17.9. The van der Waals surface area contributed by atoms with E-state index in [0.717, 1.165) is 31.6 Å². The summed E-state index contributed by atoms with van der Waals surface area (Å²) in [6.07, 6.45) is 5.30. The van der Waals surface area contributed by atoms with E-state index in [4.69, 9.17) is 0 Å². The molecule has 1 aromatic rings. The Balaban J connectivity index is 2.04. The number of nitrogens with zero attached hydrogens (tertiary/aromatic N) is 2. The van der Waals surface area contributed by atoms with Gasteiger partial charge in [-0.15, -0.1) is 0 Å². The van der Waals surface area contributed by atoms with Gasteiger partial charge in [-0.05, 0) is 38.1 Å². The summed E-state index contributed by atoms with van der Waals surface area (Å²) < 4.78 is 0. The zero-order valence-electron chi connectivity index (χ0n) is 9.52. The standard InChI is InChI=1S/C12H17N3O/c1-15(11-4-8-14-9-5-11)12(16)10-2-6-13-7-3-10/h4-5,8-10,13H,2-3,6-7H2,1H3. The summed E-state index contributed by atoms with van der Waals surface area (Å²) in [6.45, 7) is 1.89. The van der Waals surface area contributed by atoms with Gasteiger partial charge in [0.1, 0.15) is 0 Å². The van der Waals surface area contributed by atoms with Gasteiger partial charge in [0.2, 0.25) is 5.91 Å². The van der Waals surface area contributed by atoms with Gasteiger partial charge in [0.15, 0.2) is 0 Å². The van der Waals surface area contributed by atoms with Gasteiger partial charge in [-0.2, -0.15) is 0 Å². The summed E-state index contributed by atoms with van der Waals surface area (Å²) in [5.74, 6) is 0.382. The van der Waals surface area contributed by atoms with E-state index in [9.17, 15) is 4.79 Å². The zero-order chi connectivity index (χ0) is 11.4. The van der Waals surface area contributed by atoms with Crippen molar-refractivity contribution < 1.29 is 4.79 Å². The molecule has 1 fully saturated rings. The van der Waals surface area contributed by atoms with Crippen molar-refractivity contribution in [2.45, 2.75) is 12.8 Å². The molecule has 0 aliphatic carbocycles. The first-order valence-electron chi connectivity index (χ1n) is 5.67. The summed E-state index contributed by atoms with van der Waals surface area (Å²) in [6, 6.07) is 3.72. The number of hydrogen-bond donors (Lipinski definition) is 1. The number of anilines is 1. The molecule has 0 radical (unpaired) electrons. The molecule has 1 amide bonds. The molecule has 1 aromatic heterocycles. The molecule has 4 heteroatoms. The lowest BCUT2D eigenvalue weighted by atomic mass is 9.96. The molecule has 1 aliphatic heterocycles. The Labute approximate surface area is 95.7 Å². The fraction of sp³-hybridized carbons (Fsp3) is 0.500. The van der Waals surface area contributed by atoms with Crippen molar-refractivity contribution >= 4 is 11.6 Å². The fourth-order valence-corrected chi connectivity index (χ4v) is 2.04. The summed E-state index contributed by atoms with van der Waals surface area (Å²) in [5, 5.41) is 3.27. The van der Waals surface area contributed by atoms with Crippen molar-refractivity contribution in [2.24, 2.45) is 5.92 Å². The highest BCUT2D eigenvalue weighted by Gasteiger charge is 2.24. The molecule has 1 N–H and O–H groups in total. The number of amides is 1. The van der Waals surface area contributed by atoms with Gasteiger partial charge in [0, 0.05) is 31.0 Å². The highest BCUT2D eigenvalue weighted by Crippen LogP contribution is 2.18. The lowest BCUT2D eigenvalue weighted by molar-refractivity contribution is -0.122. The van der Waals surface area contributed by atoms with Crippen molar-refractivity contribution in [3.63, 3.8) is 0 Å². The smallest absolute Gasteiger partial charge is 0.229 e. The maximum Gasteiger partial charge on any atom is 0.229 e. The molecule has 0 aromatic carbocycles.